The first-order chi connectivity index (χ1) is 14.6. The van der Waals surface area contributed by atoms with Gasteiger partial charge in [-0.2, -0.15) is 4.31 Å². The summed E-state index contributed by atoms with van der Waals surface area (Å²) in [6, 6.07) is 14.4. The Kier molecular flexibility index (Phi) is 7.46. The van der Waals surface area contributed by atoms with Crippen molar-refractivity contribution in [1.29, 1.82) is 0 Å². The third kappa shape index (κ3) is 6.12. The van der Waals surface area contributed by atoms with Crippen molar-refractivity contribution >= 4 is 42.6 Å². The number of aromatic nitrogens is 1. The predicted molar refractivity (Wildman–Crippen MR) is 127 cm³/mol. The van der Waals surface area contributed by atoms with Gasteiger partial charge in [0.25, 0.3) is 0 Å². The maximum atomic E-state index is 13.3. The number of benzene rings is 2. The molecule has 0 radical (unpaired) electrons. The highest BCUT2D eigenvalue weighted by atomic mass is 32.2. The molecule has 3 aromatic rings. The maximum Gasteiger partial charge on any atom is 0.243 e. The average Bonchev–Trinajstić information content (AvgIpc) is 3.08. The van der Waals surface area contributed by atoms with Gasteiger partial charge in [-0.05, 0) is 35.6 Å². The van der Waals surface area contributed by atoms with E-state index in [0.717, 1.165) is 10.3 Å². The summed E-state index contributed by atoms with van der Waals surface area (Å²) < 4.78 is 28.8. The smallest absolute Gasteiger partial charge is 0.243 e. The van der Waals surface area contributed by atoms with Crippen LogP contribution in [0.15, 0.2) is 53.4 Å². The summed E-state index contributed by atoms with van der Waals surface area (Å²) in [5.74, 6) is 0.303. The molecule has 0 bridgehead atoms. The fourth-order valence-corrected chi connectivity index (χ4v) is 6.09. The number of thiazole rings is 1. The molecule has 0 aliphatic carbocycles. The van der Waals surface area contributed by atoms with Crippen molar-refractivity contribution in [3.8, 4) is 0 Å². The van der Waals surface area contributed by atoms with Crippen molar-refractivity contribution in [2.24, 2.45) is 11.8 Å². The lowest BCUT2D eigenvalue weighted by Crippen LogP contribution is -2.37. The molecule has 0 unspecified atom stereocenters. The minimum atomic E-state index is -3.61. The third-order valence-corrected chi connectivity index (χ3v) is 7.35. The maximum absolute atomic E-state index is 13.3. The van der Waals surface area contributed by atoms with Gasteiger partial charge in [-0.15, -0.1) is 0 Å². The van der Waals surface area contributed by atoms with Crippen LogP contribution >= 0.6 is 11.3 Å². The Morgan fingerprint density at radius 1 is 1.03 bits per heavy atom. The van der Waals surface area contributed by atoms with Crippen LogP contribution in [-0.2, 0) is 21.2 Å². The molecule has 3 rings (SSSR count). The normalized spacial score (nSPS) is 12.2. The van der Waals surface area contributed by atoms with Crippen molar-refractivity contribution in [3.63, 3.8) is 0 Å². The number of anilines is 1. The van der Waals surface area contributed by atoms with Gasteiger partial charge in [-0.25, -0.2) is 13.4 Å². The first-order valence-corrected chi connectivity index (χ1v) is 12.7. The van der Waals surface area contributed by atoms with E-state index in [-0.39, 0.29) is 29.1 Å². The second-order valence-corrected chi connectivity index (χ2v) is 11.4. The first kappa shape index (κ1) is 23.4. The number of carbonyl (C=O) groups excluding carboxylic acids is 1. The van der Waals surface area contributed by atoms with Gasteiger partial charge in [-0.3, -0.25) is 4.79 Å². The van der Waals surface area contributed by atoms with E-state index in [1.165, 1.54) is 11.3 Å². The number of sulfonamides is 1. The van der Waals surface area contributed by atoms with Crippen LogP contribution < -0.4 is 5.32 Å². The minimum Gasteiger partial charge on any atom is -0.302 e. The van der Waals surface area contributed by atoms with Crippen LogP contribution in [0.1, 0.15) is 33.3 Å². The molecule has 0 fully saturated rings. The quantitative estimate of drug-likeness (QED) is 0.499. The van der Waals surface area contributed by atoms with E-state index in [0.29, 0.717) is 23.7 Å². The first-order valence-electron chi connectivity index (χ1n) is 10.4. The minimum absolute atomic E-state index is 0.154. The number of nitrogens with zero attached hydrogens (tertiary/aromatic N) is 2. The van der Waals surface area contributed by atoms with Gasteiger partial charge in [0.05, 0.1) is 21.5 Å². The summed E-state index contributed by atoms with van der Waals surface area (Å²) >= 11 is 1.28. The highest BCUT2D eigenvalue weighted by Crippen LogP contribution is 2.30. The molecule has 1 N–H and O–H groups in total. The molecule has 0 aliphatic heterocycles. The number of hydrogen-bond donors (Lipinski definition) is 1. The second-order valence-electron chi connectivity index (χ2n) is 8.47. The average molecular weight is 460 g/mol. The second kappa shape index (κ2) is 9.89. The van der Waals surface area contributed by atoms with Gasteiger partial charge >= 0.3 is 0 Å². The Bertz CT molecular complexity index is 1130. The molecule has 166 valence electrons. The Labute approximate surface area is 188 Å². The van der Waals surface area contributed by atoms with Crippen LogP contribution in [0.25, 0.3) is 10.2 Å². The summed E-state index contributed by atoms with van der Waals surface area (Å²) in [7, 11) is -3.61. The number of nitrogens with one attached hydrogen (secondary N) is 1. The number of amides is 1. The van der Waals surface area contributed by atoms with Gasteiger partial charge < -0.3 is 5.32 Å². The van der Waals surface area contributed by atoms with E-state index in [1.54, 1.807) is 22.5 Å². The molecule has 0 saturated heterocycles. The molecule has 6 nitrogen and oxygen atoms in total. The van der Waals surface area contributed by atoms with E-state index in [9.17, 15) is 13.2 Å². The van der Waals surface area contributed by atoms with Gasteiger partial charge in [0, 0.05) is 13.1 Å². The van der Waals surface area contributed by atoms with Crippen LogP contribution in [0.2, 0.25) is 0 Å². The topological polar surface area (TPSA) is 79.4 Å². The lowest BCUT2D eigenvalue weighted by atomic mass is 10.1. The Balaban J connectivity index is 1.81. The van der Waals surface area contributed by atoms with Crippen molar-refractivity contribution in [2.45, 2.75) is 39.0 Å². The fraction of sp³-hybridized carbons (Fsp3) is 0.391. The Hall–Kier alpha value is -2.29. The lowest BCUT2D eigenvalue weighted by Gasteiger charge is -2.25. The number of carbonyl (C=O) groups is 1. The van der Waals surface area contributed by atoms with Gasteiger partial charge in [0.1, 0.15) is 0 Å². The standard InChI is InChI=1S/C23H29N3O3S2/c1-16(2)14-26(15-17(3)4)31(28,29)19-10-11-20-21(13-19)30-23(24-20)25-22(27)12-18-8-6-5-7-9-18/h5-11,13,16-17H,12,14-15H2,1-4H3,(H,24,25,27). The van der Waals surface area contributed by atoms with Crippen molar-refractivity contribution in [3.05, 3.63) is 54.1 Å². The van der Waals surface area contributed by atoms with Crippen LogP contribution in [0, 0.1) is 11.8 Å². The molecule has 0 spiro atoms. The molecule has 0 aliphatic rings. The number of rotatable bonds is 9. The Morgan fingerprint density at radius 3 is 2.29 bits per heavy atom. The summed E-state index contributed by atoms with van der Waals surface area (Å²) in [6.45, 7) is 9.00. The highest BCUT2D eigenvalue weighted by molar-refractivity contribution is 7.89. The molecular formula is C23H29N3O3S2. The number of fused-ring (bicyclic) bond motifs is 1. The fourth-order valence-electron chi connectivity index (χ4n) is 3.30. The monoisotopic (exact) mass is 459 g/mol. The van der Waals surface area contributed by atoms with E-state index < -0.39 is 10.0 Å². The zero-order valence-corrected chi connectivity index (χ0v) is 20.0. The van der Waals surface area contributed by atoms with Gasteiger partial charge in [0.15, 0.2) is 5.13 Å². The third-order valence-electron chi connectivity index (χ3n) is 4.59. The molecular weight excluding hydrogens is 430 g/mol. The van der Waals surface area contributed by atoms with Crippen molar-refractivity contribution in [1.82, 2.24) is 9.29 Å². The highest BCUT2D eigenvalue weighted by Gasteiger charge is 2.26. The van der Waals surface area contributed by atoms with E-state index >= 15 is 0 Å². The molecule has 8 heteroatoms. The predicted octanol–water partition coefficient (Wildman–Crippen LogP) is 4.78. The Morgan fingerprint density at radius 2 is 1.68 bits per heavy atom. The summed E-state index contributed by atoms with van der Waals surface area (Å²) in [5, 5.41) is 3.29. The zero-order chi connectivity index (χ0) is 22.6. The van der Waals surface area contributed by atoms with Crippen LogP contribution in [0.4, 0.5) is 5.13 Å². The summed E-state index contributed by atoms with van der Waals surface area (Å²) in [6.07, 6.45) is 0.260. The van der Waals surface area contributed by atoms with Crippen LogP contribution in [0.5, 0.6) is 0 Å². The van der Waals surface area contributed by atoms with Crippen molar-refractivity contribution < 1.29 is 13.2 Å². The van der Waals surface area contributed by atoms with Crippen LogP contribution in [-0.4, -0.2) is 36.7 Å². The van der Waals surface area contributed by atoms with Crippen LogP contribution in [0.3, 0.4) is 0 Å². The van der Waals surface area contributed by atoms with Crippen molar-refractivity contribution in [2.75, 3.05) is 18.4 Å². The largest absolute Gasteiger partial charge is 0.302 e. The molecule has 1 aromatic heterocycles. The SMILES string of the molecule is CC(C)CN(CC(C)C)S(=O)(=O)c1ccc2nc(NC(=O)Cc3ccccc3)sc2c1. The van der Waals surface area contributed by atoms with E-state index in [2.05, 4.69) is 10.3 Å². The molecule has 1 amide bonds. The molecule has 0 atom stereocenters. The summed E-state index contributed by atoms with van der Waals surface area (Å²) in [4.78, 5) is 17.0. The lowest BCUT2D eigenvalue weighted by molar-refractivity contribution is -0.115. The molecule has 2 aromatic carbocycles. The molecule has 31 heavy (non-hydrogen) atoms. The van der Waals surface area contributed by atoms with Gasteiger partial charge in [-0.1, -0.05) is 69.4 Å². The summed E-state index contributed by atoms with van der Waals surface area (Å²) in [5.41, 5.74) is 1.59. The number of hydrogen-bond acceptors (Lipinski definition) is 5. The van der Waals surface area contributed by atoms with Gasteiger partial charge in [0.2, 0.25) is 15.9 Å². The van der Waals surface area contributed by atoms with E-state index in [1.807, 2.05) is 58.0 Å². The zero-order valence-electron chi connectivity index (χ0n) is 18.3. The molecule has 0 saturated carbocycles. The van der Waals surface area contributed by atoms with E-state index in [4.69, 9.17) is 0 Å². The molecule has 1 heterocycles.